The van der Waals surface area contributed by atoms with Crippen LogP contribution in [0.15, 0.2) is 18.3 Å². The number of carbonyl (C=O) groups excluding carboxylic acids is 2. The quantitative estimate of drug-likeness (QED) is 0.806. The van der Waals surface area contributed by atoms with Gasteiger partial charge in [-0.25, -0.2) is 4.79 Å². The van der Waals surface area contributed by atoms with Crippen LogP contribution in [0.5, 0.6) is 0 Å². The topological polar surface area (TPSA) is 60.3 Å². The van der Waals surface area contributed by atoms with Gasteiger partial charge in [-0.1, -0.05) is 0 Å². The average Bonchev–Trinajstić information content (AvgIpc) is 2.76. The summed E-state index contributed by atoms with van der Waals surface area (Å²) >= 11 is 0. The molecule has 0 aliphatic carbocycles. The summed E-state index contributed by atoms with van der Waals surface area (Å²) in [6, 6.07) is 3.07. The maximum Gasteiger partial charge on any atom is 0.328 e. The second-order valence-electron chi connectivity index (χ2n) is 4.11. The smallest absolute Gasteiger partial charge is 0.328 e. The Morgan fingerprint density at radius 2 is 2.00 bits per heavy atom. The highest BCUT2D eigenvalue weighted by atomic mass is 16.5. The van der Waals surface area contributed by atoms with E-state index in [-0.39, 0.29) is 11.9 Å². The maximum absolute atomic E-state index is 11.9. The van der Waals surface area contributed by atoms with Crippen LogP contribution in [0, 0.1) is 0 Å². The van der Waals surface area contributed by atoms with Crippen LogP contribution >= 0.6 is 0 Å². The first-order valence-electron chi connectivity index (χ1n) is 5.53. The minimum Gasteiger partial charge on any atom is -0.467 e. The highest BCUT2D eigenvalue weighted by Gasteiger charge is 2.19. The van der Waals surface area contributed by atoms with Crippen LogP contribution in [0.1, 0.15) is 37.3 Å². The van der Waals surface area contributed by atoms with Crippen molar-refractivity contribution >= 4 is 11.9 Å². The Morgan fingerprint density at radius 3 is 2.53 bits per heavy atom. The van der Waals surface area contributed by atoms with Crippen LogP contribution in [-0.2, 0) is 9.53 Å². The summed E-state index contributed by atoms with van der Waals surface area (Å²) in [6.45, 7) is 5.56. The lowest BCUT2D eigenvalue weighted by atomic mass is 10.3. The van der Waals surface area contributed by atoms with E-state index in [4.69, 9.17) is 0 Å². The van der Waals surface area contributed by atoms with Crippen LogP contribution < -0.4 is 5.32 Å². The zero-order valence-electron chi connectivity index (χ0n) is 10.6. The van der Waals surface area contributed by atoms with Crippen LogP contribution in [0.4, 0.5) is 0 Å². The Morgan fingerprint density at radius 1 is 1.35 bits per heavy atom. The van der Waals surface area contributed by atoms with Gasteiger partial charge in [0.2, 0.25) is 0 Å². The molecule has 5 heteroatoms. The highest BCUT2D eigenvalue weighted by Crippen LogP contribution is 2.10. The fraction of sp³-hybridized carbons (Fsp3) is 0.500. The van der Waals surface area contributed by atoms with Crippen molar-refractivity contribution in [2.45, 2.75) is 32.9 Å². The van der Waals surface area contributed by atoms with E-state index in [0.29, 0.717) is 5.69 Å². The van der Waals surface area contributed by atoms with E-state index in [1.54, 1.807) is 19.1 Å². The van der Waals surface area contributed by atoms with Crippen LogP contribution in [0.2, 0.25) is 0 Å². The second-order valence-corrected chi connectivity index (χ2v) is 4.11. The van der Waals surface area contributed by atoms with Crippen LogP contribution in [0.3, 0.4) is 0 Å². The van der Waals surface area contributed by atoms with Crippen LogP contribution in [-0.4, -0.2) is 29.6 Å². The second kappa shape index (κ2) is 5.52. The molecule has 0 saturated carbocycles. The van der Waals surface area contributed by atoms with Gasteiger partial charge in [0, 0.05) is 12.2 Å². The molecule has 1 N–H and O–H groups in total. The molecule has 1 heterocycles. The molecule has 0 fully saturated rings. The van der Waals surface area contributed by atoms with E-state index in [9.17, 15) is 9.59 Å². The van der Waals surface area contributed by atoms with E-state index in [1.165, 1.54) is 7.11 Å². The van der Waals surface area contributed by atoms with Crippen LogP contribution in [0.25, 0.3) is 0 Å². The summed E-state index contributed by atoms with van der Waals surface area (Å²) < 4.78 is 6.39. The molecule has 1 aromatic heterocycles. The van der Waals surface area contributed by atoms with E-state index in [2.05, 4.69) is 10.1 Å². The number of methoxy groups -OCH3 is 1. The Hall–Kier alpha value is -1.78. The van der Waals surface area contributed by atoms with E-state index in [1.807, 2.05) is 24.6 Å². The van der Waals surface area contributed by atoms with Gasteiger partial charge in [0.15, 0.2) is 0 Å². The number of nitrogens with one attached hydrogen (secondary N) is 1. The number of nitrogens with zero attached hydrogens (tertiary/aromatic N) is 1. The van der Waals surface area contributed by atoms with Crippen molar-refractivity contribution in [1.29, 1.82) is 0 Å². The zero-order valence-corrected chi connectivity index (χ0v) is 10.6. The number of rotatable bonds is 4. The van der Waals surface area contributed by atoms with Crippen molar-refractivity contribution in [3.63, 3.8) is 0 Å². The molecule has 0 radical (unpaired) electrons. The number of hydrogen-bond donors (Lipinski definition) is 1. The van der Waals surface area contributed by atoms with E-state index >= 15 is 0 Å². The number of hydrogen-bond acceptors (Lipinski definition) is 3. The molecule has 17 heavy (non-hydrogen) atoms. The molecule has 1 unspecified atom stereocenters. The van der Waals surface area contributed by atoms with Crippen molar-refractivity contribution in [2.75, 3.05) is 7.11 Å². The molecule has 1 amide bonds. The standard InChI is InChI=1S/C12H18N2O3/c1-8(2)14-7-5-6-10(14)11(15)13-9(3)12(16)17-4/h5-9H,1-4H3,(H,13,15). The number of esters is 1. The Balaban J connectivity index is 2.76. The minimum absolute atomic E-state index is 0.194. The molecule has 94 valence electrons. The summed E-state index contributed by atoms with van der Waals surface area (Å²) in [5.41, 5.74) is 0.538. The van der Waals surface area contributed by atoms with Gasteiger partial charge in [0.1, 0.15) is 11.7 Å². The summed E-state index contributed by atoms with van der Waals surface area (Å²) in [4.78, 5) is 23.1. The first kappa shape index (κ1) is 13.3. The molecule has 0 aliphatic rings. The van der Waals surface area contributed by atoms with Gasteiger partial charge in [0.25, 0.3) is 5.91 Å². The largest absolute Gasteiger partial charge is 0.467 e. The Bertz CT molecular complexity index is 410. The fourth-order valence-corrected chi connectivity index (χ4v) is 1.54. The molecular formula is C12H18N2O3. The fourth-order valence-electron chi connectivity index (χ4n) is 1.54. The van der Waals surface area contributed by atoms with Gasteiger partial charge in [-0.3, -0.25) is 4.79 Å². The minimum atomic E-state index is -0.650. The number of carbonyl (C=O) groups is 2. The third kappa shape index (κ3) is 3.09. The number of aromatic nitrogens is 1. The molecule has 1 aromatic rings. The summed E-state index contributed by atoms with van der Waals surface area (Å²) in [5.74, 6) is -0.734. The van der Waals surface area contributed by atoms with Crippen molar-refractivity contribution in [3.05, 3.63) is 24.0 Å². The first-order valence-corrected chi connectivity index (χ1v) is 5.53. The normalized spacial score (nSPS) is 12.3. The van der Waals surface area contributed by atoms with E-state index < -0.39 is 12.0 Å². The van der Waals surface area contributed by atoms with E-state index in [0.717, 1.165) is 0 Å². The predicted molar refractivity (Wildman–Crippen MR) is 63.8 cm³/mol. The van der Waals surface area contributed by atoms with Gasteiger partial charge in [-0.15, -0.1) is 0 Å². The summed E-state index contributed by atoms with van der Waals surface area (Å²) in [6.07, 6.45) is 1.84. The molecule has 0 aromatic carbocycles. The lowest BCUT2D eigenvalue weighted by molar-refractivity contribution is -0.142. The molecule has 0 spiro atoms. The third-order valence-corrected chi connectivity index (χ3v) is 2.47. The lowest BCUT2D eigenvalue weighted by Crippen LogP contribution is -2.40. The SMILES string of the molecule is COC(=O)C(C)NC(=O)c1cccn1C(C)C. The maximum atomic E-state index is 11.9. The number of amides is 1. The predicted octanol–water partition coefficient (Wildman–Crippen LogP) is 1.36. The highest BCUT2D eigenvalue weighted by molar-refractivity contribution is 5.95. The van der Waals surface area contributed by atoms with Gasteiger partial charge < -0.3 is 14.6 Å². The molecule has 0 saturated heterocycles. The van der Waals surface area contributed by atoms with Gasteiger partial charge >= 0.3 is 5.97 Å². The van der Waals surface area contributed by atoms with Crippen molar-refractivity contribution in [2.24, 2.45) is 0 Å². The lowest BCUT2D eigenvalue weighted by Gasteiger charge is -2.15. The first-order chi connectivity index (χ1) is 7.97. The van der Waals surface area contributed by atoms with Crippen molar-refractivity contribution < 1.29 is 14.3 Å². The van der Waals surface area contributed by atoms with Crippen molar-refractivity contribution in [3.8, 4) is 0 Å². The number of ether oxygens (including phenoxy) is 1. The average molecular weight is 238 g/mol. The van der Waals surface area contributed by atoms with Gasteiger partial charge in [0.05, 0.1) is 7.11 Å². The van der Waals surface area contributed by atoms with Gasteiger partial charge in [-0.2, -0.15) is 0 Å². The van der Waals surface area contributed by atoms with Crippen molar-refractivity contribution in [1.82, 2.24) is 9.88 Å². The zero-order chi connectivity index (χ0) is 13.0. The summed E-state index contributed by atoms with van der Waals surface area (Å²) in [5, 5.41) is 2.59. The molecule has 0 bridgehead atoms. The Labute approximate surface area is 101 Å². The molecule has 5 nitrogen and oxygen atoms in total. The summed E-state index contributed by atoms with van der Waals surface area (Å²) in [7, 11) is 1.29. The monoisotopic (exact) mass is 238 g/mol. The molecule has 1 atom stereocenters. The van der Waals surface area contributed by atoms with Gasteiger partial charge in [-0.05, 0) is 32.9 Å². The third-order valence-electron chi connectivity index (χ3n) is 2.47. The molecule has 1 rings (SSSR count). The Kier molecular flexibility index (Phi) is 4.31. The molecule has 0 aliphatic heterocycles. The molecular weight excluding hydrogens is 220 g/mol.